The number of pyridine rings is 1. The molecule has 0 unspecified atom stereocenters. The molecular formula is C8H12Cl2F2N2. The molecule has 14 heavy (non-hydrogen) atoms. The third-order valence-electron chi connectivity index (χ3n) is 1.70. The van der Waals surface area contributed by atoms with Gasteiger partial charge in [0.2, 0.25) is 0 Å². The lowest BCUT2D eigenvalue weighted by Gasteiger charge is -2.10. The molecule has 6 heteroatoms. The van der Waals surface area contributed by atoms with E-state index in [9.17, 15) is 8.78 Å². The lowest BCUT2D eigenvalue weighted by atomic mass is 10.1. The van der Waals surface area contributed by atoms with E-state index in [-0.39, 0.29) is 30.4 Å². The van der Waals surface area contributed by atoms with Gasteiger partial charge in [-0.05, 0) is 6.42 Å². The fraction of sp³-hybridized carbons (Fsp3) is 0.375. The molecule has 2 N–H and O–H groups in total. The number of hydrogen-bond acceptors (Lipinski definition) is 2. The summed E-state index contributed by atoms with van der Waals surface area (Å²) in [6.45, 7) is 1.77. The van der Waals surface area contributed by atoms with E-state index in [2.05, 4.69) is 4.98 Å². The molecule has 1 rings (SSSR count). The highest BCUT2D eigenvalue weighted by atomic mass is 35.5. The first-order valence-corrected chi connectivity index (χ1v) is 3.71. The Labute approximate surface area is 93.7 Å². The molecule has 1 atom stereocenters. The maximum Gasteiger partial charge on any atom is 0.149 e. The molecular weight excluding hydrogens is 233 g/mol. The van der Waals surface area contributed by atoms with Gasteiger partial charge in [0.25, 0.3) is 0 Å². The van der Waals surface area contributed by atoms with Crippen LogP contribution in [0.3, 0.4) is 0 Å². The van der Waals surface area contributed by atoms with Crippen LogP contribution in [0.2, 0.25) is 0 Å². The maximum atomic E-state index is 12.9. The summed E-state index contributed by atoms with van der Waals surface area (Å²) in [6.07, 6.45) is 2.43. The Morgan fingerprint density at radius 1 is 1.29 bits per heavy atom. The second-order valence-electron chi connectivity index (χ2n) is 2.53. The normalized spacial score (nSPS) is 11.1. The fourth-order valence-corrected chi connectivity index (χ4v) is 0.980. The van der Waals surface area contributed by atoms with Crippen LogP contribution in [-0.2, 0) is 0 Å². The molecule has 0 aliphatic heterocycles. The zero-order chi connectivity index (χ0) is 9.14. The summed E-state index contributed by atoms with van der Waals surface area (Å²) in [5.74, 6) is -1.35. The van der Waals surface area contributed by atoms with E-state index in [1.54, 1.807) is 6.92 Å². The van der Waals surface area contributed by atoms with E-state index in [0.717, 1.165) is 12.4 Å². The molecule has 1 aromatic heterocycles. The number of rotatable bonds is 2. The summed E-state index contributed by atoms with van der Waals surface area (Å²) >= 11 is 0. The quantitative estimate of drug-likeness (QED) is 0.869. The van der Waals surface area contributed by atoms with Gasteiger partial charge in [0.15, 0.2) is 0 Å². The number of halogens is 4. The molecule has 2 nitrogen and oxygen atoms in total. The minimum Gasteiger partial charge on any atom is -0.324 e. The van der Waals surface area contributed by atoms with Gasteiger partial charge in [-0.25, -0.2) is 8.78 Å². The summed E-state index contributed by atoms with van der Waals surface area (Å²) in [5, 5.41) is 0. The molecule has 0 amide bonds. The first-order chi connectivity index (χ1) is 5.66. The third kappa shape index (κ3) is 3.36. The van der Waals surface area contributed by atoms with Crippen molar-refractivity contribution in [2.45, 2.75) is 19.4 Å². The molecule has 82 valence electrons. The third-order valence-corrected chi connectivity index (χ3v) is 1.70. The van der Waals surface area contributed by atoms with Crippen molar-refractivity contribution < 1.29 is 8.78 Å². The maximum absolute atomic E-state index is 12.9. The van der Waals surface area contributed by atoms with E-state index >= 15 is 0 Å². The van der Waals surface area contributed by atoms with Crippen LogP contribution in [0, 0.1) is 11.6 Å². The summed E-state index contributed by atoms with van der Waals surface area (Å²) in [4.78, 5) is 3.36. The SMILES string of the molecule is CC[C@H](N)c1c(F)cncc1F.Cl.Cl. The average molecular weight is 245 g/mol. The highest BCUT2D eigenvalue weighted by molar-refractivity contribution is 5.85. The van der Waals surface area contributed by atoms with Crippen molar-refractivity contribution >= 4 is 24.8 Å². The van der Waals surface area contributed by atoms with Crippen LogP contribution in [0.4, 0.5) is 8.78 Å². The monoisotopic (exact) mass is 244 g/mol. The Balaban J connectivity index is 0. The van der Waals surface area contributed by atoms with Crippen molar-refractivity contribution in [3.8, 4) is 0 Å². The van der Waals surface area contributed by atoms with Crippen molar-refractivity contribution in [1.82, 2.24) is 4.98 Å². The smallest absolute Gasteiger partial charge is 0.149 e. The van der Waals surface area contributed by atoms with Gasteiger partial charge in [-0.15, -0.1) is 24.8 Å². The Morgan fingerprint density at radius 2 is 1.71 bits per heavy atom. The Bertz CT molecular complexity index is 264. The zero-order valence-electron chi connectivity index (χ0n) is 7.54. The summed E-state index contributed by atoms with van der Waals surface area (Å²) in [7, 11) is 0. The molecule has 0 bridgehead atoms. The highest BCUT2D eigenvalue weighted by Crippen LogP contribution is 2.19. The van der Waals surface area contributed by atoms with Crippen molar-refractivity contribution in [3.63, 3.8) is 0 Å². The first kappa shape index (κ1) is 16.0. The molecule has 0 fully saturated rings. The summed E-state index contributed by atoms with van der Waals surface area (Å²) in [5.41, 5.74) is 5.41. The van der Waals surface area contributed by atoms with Gasteiger partial charge in [-0.2, -0.15) is 0 Å². The van der Waals surface area contributed by atoms with E-state index in [4.69, 9.17) is 5.73 Å². The summed E-state index contributed by atoms with van der Waals surface area (Å²) in [6, 6.07) is -0.590. The van der Waals surface area contributed by atoms with E-state index in [1.165, 1.54) is 0 Å². The molecule has 0 aliphatic carbocycles. The minimum absolute atomic E-state index is 0. The van der Waals surface area contributed by atoms with Crippen LogP contribution in [0.25, 0.3) is 0 Å². The fourth-order valence-electron chi connectivity index (χ4n) is 0.980. The standard InChI is InChI=1S/C8H10F2N2.2ClH/c1-2-7(11)8-5(9)3-12-4-6(8)10;;/h3-4,7H,2,11H2,1H3;2*1H/t7-;;/m0../s1. The van der Waals surface area contributed by atoms with Crippen molar-refractivity contribution in [2.75, 3.05) is 0 Å². The minimum atomic E-state index is -0.677. The predicted octanol–water partition coefficient (Wildman–Crippen LogP) is 2.61. The molecule has 0 aliphatic rings. The van der Waals surface area contributed by atoms with E-state index in [0.29, 0.717) is 6.42 Å². The highest BCUT2D eigenvalue weighted by Gasteiger charge is 2.14. The molecule has 1 heterocycles. The van der Waals surface area contributed by atoms with E-state index < -0.39 is 17.7 Å². The van der Waals surface area contributed by atoms with Crippen molar-refractivity contribution in [2.24, 2.45) is 5.73 Å². The van der Waals surface area contributed by atoms with Gasteiger partial charge >= 0.3 is 0 Å². The van der Waals surface area contributed by atoms with Crippen LogP contribution >= 0.6 is 24.8 Å². The largest absolute Gasteiger partial charge is 0.324 e. The Hall–Kier alpha value is -0.450. The predicted molar refractivity (Wildman–Crippen MR) is 55.9 cm³/mol. The Morgan fingerprint density at radius 3 is 2.07 bits per heavy atom. The molecule has 0 saturated heterocycles. The molecule has 0 saturated carbocycles. The number of aromatic nitrogens is 1. The van der Waals surface area contributed by atoms with Gasteiger partial charge in [0.05, 0.1) is 12.4 Å². The molecule has 0 radical (unpaired) electrons. The lowest BCUT2D eigenvalue weighted by Crippen LogP contribution is -2.13. The van der Waals surface area contributed by atoms with Crippen molar-refractivity contribution in [1.29, 1.82) is 0 Å². The summed E-state index contributed by atoms with van der Waals surface area (Å²) < 4.78 is 25.8. The van der Waals surface area contributed by atoms with Crippen LogP contribution in [0.5, 0.6) is 0 Å². The lowest BCUT2D eigenvalue weighted by molar-refractivity contribution is 0.512. The van der Waals surface area contributed by atoms with Gasteiger partial charge in [-0.3, -0.25) is 4.98 Å². The van der Waals surface area contributed by atoms with Crippen LogP contribution in [0.1, 0.15) is 24.9 Å². The van der Waals surface area contributed by atoms with Crippen LogP contribution in [0.15, 0.2) is 12.4 Å². The molecule has 0 spiro atoms. The number of hydrogen-bond donors (Lipinski definition) is 1. The van der Waals surface area contributed by atoms with E-state index in [1.807, 2.05) is 0 Å². The van der Waals surface area contributed by atoms with Gasteiger partial charge < -0.3 is 5.73 Å². The van der Waals surface area contributed by atoms with Gasteiger partial charge in [0, 0.05) is 11.6 Å². The van der Waals surface area contributed by atoms with Crippen LogP contribution in [-0.4, -0.2) is 4.98 Å². The topological polar surface area (TPSA) is 38.9 Å². The zero-order valence-corrected chi connectivity index (χ0v) is 9.17. The van der Waals surface area contributed by atoms with Gasteiger partial charge in [0.1, 0.15) is 11.6 Å². The molecule has 1 aromatic rings. The second kappa shape index (κ2) is 6.92. The number of nitrogens with two attached hydrogens (primary N) is 1. The average Bonchev–Trinajstić information content (AvgIpc) is 2.03. The second-order valence-corrected chi connectivity index (χ2v) is 2.53. The molecule has 0 aromatic carbocycles. The van der Waals surface area contributed by atoms with Crippen LogP contribution < -0.4 is 5.73 Å². The Kier molecular flexibility index (Phi) is 7.91. The van der Waals surface area contributed by atoms with Crippen molar-refractivity contribution in [3.05, 3.63) is 29.6 Å². The first-order valence-electron chi connectivity index (χ1n) is 3.71. The number of nitrogens with zero attached hydrogens (tertiary/aromatic N) is 1. The van der Waals surface area contributed by atoms with Gasteiger partial charge in [-0.1, -0.05) is 6.92 Å².